The molecule has 0 aromatic rings. The van der Waals surface area contributed by atoms with Gasteiger partial charge in [-0.3, -0.25) is 4.79 Å². The zero-order valence-corrected chi connectivity index (χ0v) is 22.0. The molecule has 5 rings (SSSR count). The Balaban J connectivity index is 1.54. The first-order valence-corrected chi connectivity index (χ1v) is 13.8. The van der Waals surface area contributed by atoms with Gasteiger partial charge in [0.15, 0.2) is 0 Å². The third-order valence-corrected chi connectivity index (χ3v) is 14.0. The molecule has 5 aliphatic rings. The maximum absolute atomic E-state index is 12.8. The normalized spacial score (nSPS) is 58.5. The summed E-state index contributed by atoms with van der Waals surface area (Å²) < 4.78 is 0. The third kappa shape index (κ3) is 2.65. The molecule has 5 fully saturated rings. The minimum Gasteiger partial charge on any atom is -0.299 e. The van der Waals surface area contributed by atoms with Crippen molar-refractivity contribution in [3.63, 3.8) is 0 Å². The molecular formula is C30H50O. The summed E-state index contributed by atoms with van der Waals surface area (Å²) in [6.45, 7) is 20.6. The quantitative estimate of drug-likeness (QED) is 0.379. The number of hydrogen-bond donors (Lipinski definition) is 0. The van der Waals surface area contributed by atoms with E-state index in [4.69, 9.17) is 0 Å². The molecule has 1 nitrogen and oxygen atoms in total. The molecule has 0 aliphatic heterocycles. The molecule has 0 bridgehead atoms. The predicted molar refractivity (Wildman–Crippen MR) is 130 cm³/mol. The van der Waals surface area contributed by atoms with Crippen LogP contribution in [0.2, 0.25) is 0 Å². The van der Waals surface area contributed by atoms with Crippen LogP contribution in [-0.2, 0) is 4.79 Å². The summed E-state index contributed by atoms with van der Waals surface area (Å²) in [6.07, 6.45) is 14.7. The Morgan fingerprint density at radius 1 is 0.645 bits per heavy atom. The van der Waals surface area contributed by atoms with Gasteiger partial charge in [0.2, 0.25) is 0 Å². The molecule has 5 saturated carbocycles. The van der Waals surface area contributed by atoms with Crippen LogP contribution >= 0.6 is 0 Å². The van der Waals surface area contributed by atoms with Crippen LogP contribution in [0.4, 0.5) is 0 Å². The third-order valence-electron chi connectivity index (χ3n) is 14.0. The molecule has 0 N–H and O–H groups in total. The molecule has 5 aliphatic carbocycles. The highest BCUT2D eigenvalue weighted by molar-refractivity contribution is 5.82. The fourth-order valence-corrected chi connectivity index (χ4v) is 11.0. The summed E-state index contributed by atoms with van der Waals surface area (Å²) in [5.74, 6) is 3.36. The molecular weight excluding hydrogens is 376 g/mol. The Kier molecular flexibility index (Phi) is 4.65. The monoisotopic (exact) mass is 426 g/mol. The van der Waals surface area contributed by atoms with Crippen LogP contribution < -0.4 is 0 Å². The second-order valence-corrected chi connectivity index (χ2v) is 15.2. The van der Waals surface area contributed by atoms with E-state index in [9.17, 15) is 4.79 Å². The van der Waals surface area contributed by atoms with Crippen molar-refractivity contribution in [2.75, 3.05) is 0 Å². The van der Waals surface area contributed by atoms with E-state index in [-0.39, 0.29) is 11.3 Å². The van der Waals surface area contributed by atoms with E-state index >= 15 is 0 Å². The van der Waals surface area contributed by atoms with Gasteiger partial charge in [0.25, 0.3) is 0 Å². The molecule has 9 unspecified atom stereocenters. The average Bonchev–Trinajstić information content (AvgIpc) is 2.70. The number of carbonyl (C=O) groups is 1. The maximum atomic E-state index is 12.8. The van der Waals surface area contributed by atoms with E-state index in [0.29, 0.717) is 32.9 Å². The lowest BCUT2D eigenvalue weighted by molar-refractivity contribution is -0.248. The van der Waals surface area contributed by atoms with Gasteiger partial charge in [-0.1, -0.05) is 55.4 Å². The van der Waals surface area contributed by atoms with Crippen molar-refractivity contribution in [1.82, 2.24) is 0 Å². The zero-order valence-electron chi connectivity index (χ0n) is 22.0. The second kappa shape index (κ2) is 6.41. The van der Waals surface area contributed by atoms with E-state index in [0.717, 1.165) is 30.6 Å². The molecule has 0 aromatic heterocycles. The van der Waals surface area contributed by atoms with Gasteiger partial charge >= 0.3 is 0 Å². The zero-order chi connectivity index (χ0) is 22.7. The number of fused-ring (bicyclic) bond motifs is 7. The summed E-state index contributed by atoms with van der Waals surface area (Å²) in [7, 11) is 0. The molecule has 0 aromatic carbocycles. The van der Waals surface area contributed by atoms with Gasteiger partial charge < -0.3 is 0 Å². The second-order valence-electron chi connectivity index (χ2n) is 15.2. The number of carbonyl (C=O) groups excluding carboxylic acids is 1. The highest BCUT2D eigenvalue weighted by Gasteiger charge is 2.70. The summed E-state index contributed by atoms with van der Waals surface area (Å²) in [6, 6.07) is 0. The van der Waals surface area contributed by atoms with Crippen LogP contribution in [0.5, 0.6) is 0 Å². The minimum atomic E-state index is 0.212. The van der Waals surface area contributed by atoms with Crippen LogP contribution in [0.1, 0.15) is 126 Å². The smallest absolute Gasteiger partial charge is 0.136 e. The topological polar surface area (TPSA) is 17.1 Å². The summed E-state index contributed by atoms with van der Waals surface area (Å²) >= 11 is 0. The lowest BCUT2D eigenvalue weighted by atomic mass is 9.31. The average molecular weight is 427 g/mol. The van der Waals surface area contributed by atoms with E-state index < -0.39 is 0 Å². The lowest BCUT2D eigenvalue weighted by Gasteiger charge is -2.74. The molecule has 1 heteroatoms. The van der Waals surface area contributed by atoms with Crippen LogP contribution in [0.25, 0.3) is 0 Å². The minimum absolute atomic E-state index is 0.212. The number of ketones is 1. The van der Waals surface area contributed by atoms with Gasteiger partial charge in [-0.2, -0.15) is 0 Å². The van der Waals surface area contributed by atoms with Crippen molar-refractivity contribution in [3.05, 3.63) is 0 Å². The van der Waals surface area contributed by atoms with Crippen molar-refractivity contribution >= 4 is 5.78 Å². The van der Waals surface area contributed by atoms with Crippen LogP contribution in [0.15, 0.2) is 0 Å². The van der Waals surface area contributed by atoms with E-state index in [1.54, 1.807) is 0 Å². The highest BCUT2D eigenvalue weighted by Crippen LogP contribution is 2.77. The first-order chi connectivity index (χ1) is 14.2. The SMILES string of the molecule is CC1C(=O)CCC2(C)C3CCC4(C)C5CC(C)(C)CCC5(C)CCC4(C)C3CCC12C. The van der Waals surface area contributed by atoms with Gasteiger partial charge in [0.1, 0.15) is 5.78 Å². The summed E-state index contributed by atoms with van der Waals surface area (Å²) in [4.78, 5) is 12.8. The van der Waals surface area contributed by atoms with Gasteiger partial charge in [-0.15, -0.1) is 0 Å². The van der Waals surface area contributed by atoms with Crippen LogP contribution in [0, 0.1) is 56.2 Å². The highest BCUT2D eigenvalue weighted by atomic mass is 16.1. The number of rotatable bonds is 0. The fraction of sp³-hybridized carbons (Fsp3) is 0.967. The Labute approximate surface area is 192 Å². The molecule has 9 atom stereocenters. The molecule has 31 heavy (non-hydrogen) atoms. The molecule has 176 valence electrons. The number of hydrogen-bond acceptors (Lipinski definition) is 1. The molecule has 0 saturated heterocycles. The van der Waals surface area contributed by atoms with Gasteiger partial charge in [0.05, 0.1) is 0 Å². The Morgan fingerprint density at radius 2 is 1.19 bits per heavy atom. The van der Waals surface area contributed by atoms with Crippen molar-refractivity contribution < 1.29 is 4.79 Å². The van der Waals surface area contributed by atoms with Crippen LogP contribution in [-0.4, -0.2) is 5.78 Å². The molecule has 0 spiro atoms. The van der Waals surface area contributed by atoms with Crippen molar-refractivity contribution in [3.8, 4) is 0 Å². The Morgan fingerprint density at radius 3 is 1.84 bits per heavy atom. The van der Waals surface area contributed by atoms with E-state index in [1.165, 1.54) is 57.8 Å². The summed E-state index contributed by atoms with van der Waals surface area (Å²) in [5.41, 5.74) is 2.60. The van der Waals surface area contributed by atoms with Gasteiger partial charge in [-0.05, 0) is 114 Å². The fourth-order valence-electron chi connectivity index (χ4n) is 11.0. The maximum Gasteiger partial charge on any atom is 0.136 e. The predicted octanol–water partition coefficient (Wildman–Crippen LogP) is 8.46. The summed E-state index contributed by atoms with van der Waals surface area (Å²) in [5, 5.41) is 0. The molecule has 0 heterocycles. The van der Waals surface area contributed by atoms with E-state index in [1.807, 2.05) is 0 Å². The Bertz CT molecular complexity index is 781. The lowest BCUT2D eigenvalue weighted by Crippen LogP contribution is -2.67. The van der Waals surface area contributed by atoms with Gasteiger partial charge in [-0.25, -0.2) is 0 Å². The van der Waals surface area contributed by atoms with Crippen molar-refractivity contribution in [2.45, 2.75) is 126 Å². The largest absolute Gasteiger partial charge is 0.299 e. The van der Waals surface area contributed by atoms with E-state index in [2.05, 4.69) is 55.4 Å². The van der Waals surface area contributed by atoms with Crippen molar-refractivity contribution in [1.29, 1.82) is 0 Å². The standard InChI is InChI=1S/C30H50O/c1-20-23(31)11-14-28(6)21-10-13-30(8)24-19-25(2,3)15-16-26(24,4)17-18-29(30,7)22(21)9-12-27(20,28)5/h20-22,24H,9-19H2,1-8H3. The first-order valence-electron chi connectivity index (χ1n) is 13.8. The Hall–Kier alpha value is -0.330. The molecule has 0 amide bonds. The first kappa shape index (κ1) is 22.5. The van der Waals surface area contributed by atoms with Gasteiger partial charge in [0, 0.05) is 12.3 Å². The van der Waals surface area contributed by atoms with Crippen LogP contribution in [0.3, 0.4) is 0 Å². The number of Topliss-reactive ketones (excluding diaryl/α,β-unsaturated/α-hetero) is 1. The molecule has 0 radical (unpaired) electrons. The van der Waals surface area contributed by atoms with Crippen molar-refractivity contribution in [2.24, 2.45) is 56.2 Å².